The molecule has 0 unspecified atom stereocenters. The standard InChI is InChI=1S/C18H12ClFN4S/c1-11-17(22-23-24(11)15-7-3-6-14(20)9-15)18-21-16(10-25-18)12-4-2-5-13(19)8-12/h2-10H,1H3. The van der Waals surface area contributed by atoms with Gasteiger partial charge in [-0.15, -0.1) is 16.4 Å². The third-order valence-corrected chi connectivity index (χ3v) is 4.86. The number of halogens is 2. The quantitative estimate of drug-likeness (QED) is 0.500. The van der Waals surface area contributed by atoms with Crippen LogP contribution in [-0.2, 0) is 0 Å². The van der Waals surface area contributed by atoms with Crippen LogP contribution in [-0.4, -0.2) is 20.0 Å². The summed E-state index contributed by atoms with van der Waals surface area (Å²) in [5.74, 6) is -0.313. The molecule has 0 aliphatic rings. The molecule has 0 aliphatic heterocycles. The van der Waals surface area contributed by atoms with E-state index in [4.69, 9.17) is 11.6 Å². The van der Waals surface area contributed by atoms with Crippen LogP contribution in [0.2, 0.25) is 5.02 Å². The second kappa shape index (κ2) is 6.38. The Balaban J connectivity index is 1.72. The zero-order chi connectivity index (χ0) is 17.4. The molecule has 2 aromatic carbocycles. The lowest BCUT2D eigenvalue weighted by atomic mass is 10.2. The molecular weight excluding hydrogens is 359 g/mol. The summed E-state index contributed by atoms with van der Waals surface area (Å²) in [7, 11) is 0. The largest absolute Gasteiger partial charge is 0.234 e. The van der Waals surface area contributed by atoms with Crippen LogP contribution < -0.4 is 0 Å². The maximum absolute atomic E-state index is 13.5. The molecule has 0 fully saturated rings. The van der Waals surface area contributed by atoms with Gasteiger partial charge in [0.1, 0.15) is 16.5 Å². The van der Waals surface area contributed by atoms with Crippen molar-refractivity contribution in [1.82, 2.24) is 20.0 Å². The van der Waals surface area contributed by atoms with Crippen molar-refractivity contribution in [3.05, 3.63) is 70.4 Å². The molecule has 124 valence electrons. The fraction of sp³-hybridized carbons (Fsp3) is 0.0556. The van der Waals surface area contributed by atoms with Crippen molar-refractivity contribution in [1.29, 1.82) is 0 Å². The topological polar surface area (TPSA) is 43.6 Å². The minimum absolute atomic E-state index is 0.313. The molecule has 0 saturated carbocycles. The summed E-state index contributed by atoms with van der Waals surface area (Å²) in [6.07, 6.45) is 0. The minimum Gasteiger partial charge on any atom is -0.234 e. The number of aromatic nitrogens is 4. The van der Waals surface area contributed by atoms with Gasteiger partial charge in [-0.2, -0.15) is 0 Å². The van der Waals surface area contributed by atoms with Gasteiger partial charge in [-0.25, -0.2) is 14.1 Å². The zero-order valence-corrected chi connectivity index (χ0v) is 14.7. The lowest BCUT2D eigenvalue weighted by Gasteiger charge is -2.03. The van der Waals surface area contributed by atoms with Gasteiger partial charge in [-0.1, -0.05) is 35.0 Å². The van der Waals surface area contributed by atoms with Gasteiger partial charge in [0, 0.05) is 16.0 Å². The average molecular weight is 371 g/mol. The van der Waals surface area contributed by atoms with Gasteiger partial charge < -0.3 is 0 Å². The molecule has 7 heteroatoms. The fourth-order valence-corrected chi connectivity index (χ4v) is 3.60. The van der Waals surface area contributed by atoms with E-state index in [0.29, 0.717) is 16.4 Å². The summed E-state index contributed by atoms with van der Waals surface area (Å²) in [4.78, 5) is 4.65. The molecule has 0 saturated heterocycles. The van der Waals surface area contributed by atoms with Gasteiger partial charge in [-0.05, 0) is 37.3 Å². The highest BCUT2D eigenvalue weighted by Gasteiger charge is 2.16. The van der Waals surface area contributed by atoms with E-state index >= 15 is 0 Å². The Morgan fingerprint density at radius 1 is 1.12 bits per heavy atom. The van der Waals surface area contributed by atoms with Crippen LogP contribution in [0.15, 0.2) is 53.9 Å². The van der Waals surface area contributed by atoms with Crippen LogP contribution in [0.1, 0.15) is 5.69 Å². The first-order valence-electron chi connectivity index (χ1n) is 7.52. The first-order valence-corrected chi connectivity index (χ1v) is 8.77. The summed E-state index contributed by atoms with van der Waals surface area (Å²) in [5.41, 5.74) is 3.90. The van der Waals surface area contributed by atoms with Crippen molar-refractivity contribution in [3.8, 4) is 27.6 Å². The highest BCUT2D eigenvalue weighted by molar-refractivity contribution is 7.13. The van der Waals surface area contributed by atoms with E-state index in [9.17, 15) is 4.39 Å². The third-order valence-electron chi connectivity index (χ3n) is 3.77. The molecule has 4 aromatic rings. The number of nitrogens with zero attached hydrogens (tertiary/aromatic N) is 4. The van der Waals surface area contributed by atoms with Crippen LogP contribution in [0.4, 0.5) is 4.39 Å². The van der Waals surface area contributed by atoms with Crippen molar-refractivity contribution in [2.75, 3.05) is 0 Å². The van der Waals surface area contributed by atoms with Crippen LogP contribution in [0.5, 0.6) is 0 Å². The van der Waals surface area contributed by atoms with E-state index in [2.05, 4.69) is 15.3 Å². The lowest BCUT2D eigenvalue weighted by Crippen LogP contribution is -1.99. The van der Waals surface area contributed by atoms with Crippen LogP contribution in [0.3, 0.4) is 0 Å². The molecule has 25 heavy (non-hydrogen) atoms. The predicted molar refractivity (Wildman–Crippen MR) is 97.6 cm³/mol. The molecule has 0 spiro atoms. The predicted octanol–water partition coefficient (Wildman–Crippen LogP) is 5.16. The van der Waals surface area contributed by atoms with Gasteiger partial charge in [-0.3, -0.25) is 0 Å². The Morgan fingerprint density at radius 2 is 1.96 bits per heavy atom. The van der Waals surface area contributed by atoms with Crippen molar-refractivity contribution in [2.24, 2.45) is 0 Å². The number of benzene rings is 2. The van der Waals surface area contributed by atoms with E-state index in [-0.39, 0.29) is 5.82 Å². The summed E-state index contributed by atoms with van der Waals surface area (Å²) in [6, 6.07) is 13.8. The molecule has 2 aromatic heterocycles. The van der Waals surface area contributed by atoms with E-state index in [1.54, 1.807) is 16.8 Å². The van der Waals surface area contributed by atoms with Crippen molar-refractivity contribution < 1.29 is 4.39 Å². The van der Waals surface area contributed by atoms with E-state index in [0.717, 1.165) is 22.0 Å². The SMILES string of the molecule is Cc1c(-c2nc(-c3cccc(Cl)c3)cs2)nnn1-c1cccc(F)c1. The number of rotatable bonds is 3. The molecule has 0 radical (unpaired) electrons. The minimum atomic E-state index is -0.313. The third kappa shape index (κ3) is 3.06. The van der Waals surface area contributed by atoms with E-state index in [1.165, 1.54) is 23.5 Å². The number of hydrogen-bond acceptors (Lipinski definition) is 4. The van der Waals surface area contributed by atoms with Crippen molar-refractivity contribution in [3.63, 3.8) is 0 Å². The molecule has 0 bridgehead atoms. The fourth-order valence-electron chi connectivity index (χ4n) is 2.54. The molecule has 0 amide bonds. The van der Waals surface area contributed by atoms with Gasteiger partial charge in [0.05, 0.1) is 17.1 Å². The van der Waals surface area contributed by atoms with E-state index in [1.807, 2.05) is 36.6 Å². The first-order chi connectivity index (χ1) is 12.1. The second-order valence-electron chi connectivity index (χ2n) is 5.46. The molecular formula is C18H12ClFN4S. The number of hydrogen-bond donors (Lipinski definition) is 0. The molecule has 4 rings (SSSR count). The monoisotopic (exact) mass is 370 g/mol. The lowest BCUT2D eigenvalue weighted by molar-refractivity contribution is 0.624. The van der Waals surface area contributed by atoms with Gasteiger partial charge in [0.25, 0.3) is 0 Å². The summed E-state index contributed by atoms with van der Waals surface area (Å²) < 4.78 is 15.1. The molecule has 0 atom stereocenters. The maximum atomic E-state index is 13.5. The Morgan fingerprint density at radius 3 is 2.76 bits per heavy atom. The highest BCUT2D eigenvalue weighted by atomic mass is 35.5. The Hall–Kier alpha value is -2.57. The Bertz CT molecular complexity index is 1060. The first kappa shape index (κ1) is 15.9. The molecule has 4 nitrogen and oxygen atoms in total. The molecule has 0 N–H and O–H groups in total. The molecule has 0 aliphatic carbocycles. The summed E-state index contributed by atoms with van der Waals surface area (Å²) in [6.45, 7) is 1.89. The van der Waals surface area contributed by atoms with E-state index < -0.39 is 0 Å². The summed E-state index contributed by atoms with van der Waals surface area (Å²) in [5, 5.41) is 11.8. The van der Waals surface area contributed by atoms with Gasteiger partial charge in [0.15, 0.2) is 0 Å². The maximum Gasteiger partial charge on any atom is 0.146 e. The van der Waals surface area contributed by atoms with Crippen LogP contribution >= 0.6 is 22.9 Å². The van der Waals surface area contributed by atoms with Gasteiger partial charge >= 0.3 is 0 Å². The van der Waals surface area contributed by atoms with Crippen molar-refractivity contribution in [2.45, 2.75) is 6.92 Å². The molecule has 2 heterocycles. The van der Waals surface area contributed by atoms with Crippen LogP contribution in [0, 0.1) is 12.7 Å². The normalized spacial score (nSPS) is 11.0. The van der Waals surface area contributed by atoms with Gasteiger partial charge in [0.2, 0.25) is 0 Å². The van der Waals surface area contributed by atoms with Crippen LogP contribution in [0.25, 0.3) is 27.6 Å². The second-order valence-corrected chi connectivity index (χ2v) is 6.76. The highest BCUT2D eigenvalue weighted by Crippen LogP contribution is 2.31. The van der Waals surface area contributed by atoms with Crippen molar-refractivity contribution >= 4 is 22.9 Å². The number of thiazole rings is 1. The Labute approximate surface area is 152 Å². The average Bonchev–Trinajstić information content (AvgIpc) is 3.21. The smallest absolute Gasteiger partial charge is 0.146 e. The Kier molecular flexibility index (Phi) is 4.07. The summed E-state index contributed by atoms with van der Waals surface area (Å²) >= 11 is 7.53. The zero-order valence-electron chi connectivity index (χ0n) is 13.1.